The number of fused-ring (bicyclic) bond motifs is 2. The molecule has 0 fully saturated rings. The van der Waals surface area contributed by atoms with E-state index in [4.69, 9.17) is 17.2 Å². The van der Waals surface area contributed by atoms with Gasteiger partial charge in [0.05, 0.1) is 5.54 Å². The molecule has 126 valence electrons. The van der Waals surface area contributed by atoms with E-state index < -0.39 is 5.54 Å². The minimum atomic E-state index is -0.788. The molecule has 1 aliphatic rings. The summed E-state index contributed by atoms with van der Waals surface area (Å²) in [6.07, 6.45) is 0. The predicted molar refractivity (Wildman–Crippen MR) is 105 cm³/mol. The zero-order chi connectivity index (χ0) is 17.6. The topological polar surface area (TPSA) is 102 Å². The first-order valence-corrected chi connectivity index (χ1v) is 8.16. The summed E-state index contributed by atoms with van der Waals surface area (Å²) in [6, 6.07) is 19.7. The molecule has 0 amide bonds. The molecule has 3 aromatic rings. The smallest absolute Gasteiger partial charge is 0.0963 e. The van der Waals surface area contributed by atoms with Gasteiger partial charge in [0, 0.05) is 46.6 Å². The Morgan fingerprint density at radius 1 is 0.800 bits per heavy atom. The molecule has 8 N–H and O–H groups in total. The molecule has 0 spiro atoms. The van der Waals surface area contributed by atoms with Crippen LogP contribution in [0.2, 0.25) is 0 Å². The van der Waals surface area contributed by atoms with E-state index in [1.165, 1.54) is 0 Å². The average molecular weight is 331 g/mol. The van der Waals surface area contributed by atoms with Gasteiger partial charge in [-0.1, -0.05) is 24.3 Å². The maximum Gasteiger partial charge on any atom is 0.0963 e. The molecular formula is C20H21N5. The highest BCUT2D eigenvalue weighted by molar-refractivity contribution is 5.81. The van der Waals surface area contributed by atoms with Gasteiger partial charge in [-0.2, -0.15) is 0 Å². The molecule has 4 rings (SSSR count). The molecule has 0 saturated heterocycles. The highest BCUT2D eigenvalue weighted by Crippen LogP contribution is 2.47. The summed E-state index contributed by atoms with van der Waals surface area (Å²) in [7, 11) is 1.90. The molecular weight excluding hydrogens is 310 g/mol. The third kappa shape index (κ3) is 2.28. The molecule has 0 unspecified atom stereocenters. The van der Waals surface area contributed by atoms with E-state index in [2.05, 4.69) is 22.8 Å². The van der Waals surface area contributed by atoms with Crippen LogP contribution in [0.15, 0.2) is 60.7 Å². The molecule has 1 heterocycles. The Bertz CT molecular complexity index is 895. The lowest BCUT2D eigenvalue weighted by Crippen LogP contribution is -2.42. The van der Waals surface area contributed by atoms with E-state index in [9.17, 15) is 0 Å². The number of benzene rings is 3. The van der Waals surface area contributed by atoms with Crippen LogP contribution in [0.1, 0.15) is 16.7 Å². The average Bonchev–Trinajstić information content (AvgIpc) is 2.61. The van der Waals surface area contributed by atoms with Crippen LogP contribution in [0, 0.1) is 0 Å². The Morgan fingerprint density at radius 3 is 1.80 bits per heavy atom. The molecule has 5 heteroatoms. The van der Waals surface area contributed by atoms with Gasteiger partial charge in [0.2, 0.25) is 0 Å². The Labute approximate surface area is 146 Å². The standard InChI is InChI=1S/C20H21N5/c1-24-15-6-2-12(3-7-15)20(23)16-8-4-13(21)10-18(16)25-19-11-14(22)5-9-17(19)20/h2-11,24-25H,21-23H2,1H3. The minimum Gasteiger partial charge on any atom is -0.399 e. The number of anilines is 5. The van der Waals surface area contributed by atoms with E-state index in [1.54, 1.807) is 0 Å². The summed E-state index contributed by atoms with van der Waals surface area (Å²) in [5, 5.41) is 6.55. The highest BCUT2D eigenvalue weighted by Gasteiger charge is 2.39. The van der Waals surface area contributed by atoms with Crippen molar-refractivity contribution in [3.63, 3.8) is 0 Å². The van der Waals surface area contributed by atoms with Crippen molar-refractivity contribution >= 4 is 28.4 Å². The summed E-state index contributed by atoms with van der Waals surface area (Å²) in [5.74, 6) is 0. The molecule has 0 aliphatic carbocycles. The Morgan fingerprint density at radius 2 is 1.32 bits per heavy atom. The fourth-order valence-corrected chi connectivity index (χ4v) is 3.52. The van der Waals surface area contributed by atoms with Gasteiger partial charge in [-0.25, -0.2) is 0 Å². The van der Waals surface area contributed by atoms with Crippen LogP contribution in [0.3, 0.4) is 0 Å². The van der Waals surface area contributed by atoms with Gasteiger partial charge in [-0.05, 0) is 42.0 Å². The Balaban J connectivity index is 1.99. The fourth-order valence-electron chi connectivity index (χ4n) is 3.52. The third-order valence-corrected chi connectivity index (χ3v) is 4.84. The first-order valence-electron chi connectivity index (χ1n) is 8.16. The number of nitrogen functional groups attached to an aromatic ring is 2. The molecule has 0 radical (unpaired) electrons. The van der Waals surface area contributed by atoms with Gasteiger partial charge in [-0.15, -0.1) is 0 Å². The lowest BCUT2D eigenvalue weighted by molar-refractivity contribution is 0.650. The first kappa shape index (κ1) is 15.4. The second kappa shape index (κ2) is 5.43. The van der Waals surface area contributed by atoms with Gasteiger partial charge in [0.15, 0.2) is 0 Å². The predicted octanol–water partition coefficient (Wildman–Crippen LogP) is 3.20. The summed E-state index contributed by atoms with van der Waals surface area (Å²) >= 11 is 0. The largest absolute Gasteiger partial charge is 0.399 e. The number of rotatable bonds is 2. The Hall–Kier alpha value is -3.18. The van der Waals surface area contributed by atoms with Crippen molar-refractivity contribution in [1.29, 1.82) is 0 Å². The van der Waals surface area contributed by atoms with Gasteiger partial charge >= 0.3 is 0 Å². The van der Waals surface area contributed by atoms with Crippen LogP contribution < -0.4 is 27.8 Å². The molecule has 5 nitrogen and oxygen atoms in total. The molecule has 0 bridgehead atoms. The van der Waals surface area contributed by atoms with Gasteiger partial charge in [0.25, 0.3) is 0 Å². The van der Waals surface area contributed by atoms with E-state index in [-0.39, 0.29) is 0 Å². The van der Waals surface area contributed by atoms with E-state index >= 15 is 0 Å². The van der Waals surface area contributed by atoms with Crippen LogP contribution >= 0.6 is 0 Å². The number of nitrogens with one attached hydrogen (secondary N) is 2. The van der Waals surface area contributed by atoms with Crippen molar-refractivity contribution in [3.05, 3.63) is 77.4 Å². The molecule has 25 heavy (non-hydrogen) atoms. The normalized spacial score (nSPS) is 14.2. The van der Waals surface area contributed by atoms with Crippen LogP contribution in [0.25, 0.3) is 0 Å². The summed E-state index contributed by atoms with van der Waals surface area (Å²) in [4.78, 5) is 0. The van der Waals surface area contributed by atoms with Crippen molar-refractivity contribution in [3.8, 4) is 0 Å². The van der Waals surface area contributed by atoms with E-state index in [1.807, 2.05) is 55.6 Å². The molecule has 0 aromatic heterocycles. The quantitative estimate of drug-likeness (QED) is 0.464. The summed E-state index contributed by atoms with van der Waals surface area (Å²) in [6.45, 7) is 0. The maximum absolute atomic E-state index is 7.05. The van der Waals surface area contributed by atoms with E-state index in [0.717, 1.165) is 33.8 Å². The molecule has 1 aliphatic heterocycles. The lowest BCUT2D eigenvalue weighted by Gasteiger charge is -2.39. The van der Waals surface area contributed by atoms with Crippen LogP contribution in [-0.2, 0) is 5.54 Å². The van der Waals surface area contributed by atoms with E-state index in [0.29, 0.717) is 11.4 Å². The van der Waals surface area contributed by atoms with Crippen molar-refractivity contribution in [2.75, 3.05) is 29.1 Å². The van der Waals surface area contributed by atoms with Crippen molar-refractivity contribution < 1.29 is 0 Å². The van der Waals surface area contributed by atoms with Crippen molar-refractivity contribution in [1.82, 2.24) is 0 Å². The lowest BCUT2D eigenvalue weighted by atomic mass is 9.74. The summed E-state index contributed by atoms with van der Waals surface area (Å²) in [5.41, 5.74) is 25.4. The summed E-state index contributed by atoms with van der Waals surface area (Å²) < 4.78 is 0. The minimum absolute atomic E-state index is 0.687. The number of nitrogens with two attached hydrogens (primary N) is 3. The van der Waals surface area contributed by atoms with Gasteiger partial charge < -0.3 is 27.8 Å². The maximum atomic E-state index is 7.05. The molecule has 0 atom stereocenters. The SMILES string of the molecule is CNc1ccc(C2(N)c3ccc(N)cc3Nc3cc(N)ccc32)cc1. The molecule has 3 aromatic carbocycles. The van der Waals surface area contributed by atoms with Gasteiger partial charge in [-0.3, -0.25) is 0 Å². The number of hydrogen-bond acceptors (Lipinski definition) is 5. The zero-order valence-corrected chi connectivity index (χ0v) is 14.0. The number of hydrogen-bond donors (Lipinski definition) is 5. The van der Waals surface area contributed by atoms with Crippen molar-refractivity contribution in [2.24, 2.45) is 5.73 Å². The molecule has 0 saturated carbocycles. The highest BCUT2D eigenvalue weighted by atomic mass is 15.0. The second-order valence-electron chi connectivity index (χ2n) is 6.37. The zero-order valence-electron chi connectivity index (χ0n) is 14.0. The van der Waals surface area contributed by atoms with Crippen LogP contribution in [-0.4, -0.2) is 7.05 Å². The van der Waals surface area contributed by atoms with Gasteiger partial charge in [0.1, 0.15) is 0 Å². The Kier molecular flexibility index (Phi) is 3.33. The van der Waals surface area contributed by atoms with Crippen LogP contribution in [0.4, 0.5) is 28.4 Å². The fraction of sp³-hybridized carbons (Fsp3) is 0.100. The third-order valence-electron chi connectivity index (χ3n) is 4.84. The second-order valence-corrected chi connectivity index (χ2v) is 6.37. The monoisotopic (exact) mass is 331 g/mol. The first-order chi connectivity index (χ1) is 12.0. The van der Waals surface area contributed by atoms with Crippen LogP contribution in [0.5, 0.6) is 0 Å². The van der Waals surface area contributed by atoms with Crippen molar-refractivity contribution in [2.45, 2.75) is 5.54 Å².